The lowest BCUT2D eigenvalue weighted by Crippen LogP contribution is -2.00. The standard InChI is InChI=1S/C51H33N3S/c1-6-17-34(18-7-1)39-29-41(31-42(30-39)51-53-49(37-23-12-4-13-24-37)52-50(54-51)38-25-14-5-15-26-38)45-32-40(35-19-8-2-9-20-35)33-46-44-28-16-27-43(47(44)55-48(45)46)36-21-10-3-11-22-36/h1-33H. The normalized spacial score (nSPS) is 11.3. The van der Waals surface area contributed by atoms with E-state index in [1.807, 2.05) is 47.7 Å². The molecule has 3 nitrogen and oxygen atoms in total. The van der Waals surface area contributed by atoms with Crippen LogP contribution in [0.3, 0.4) is 0 Å². The van der Waals surface area contributed by atoms with Gasteiger partial charge in [0.25, 0.3) is 0 Å². The molecule has 0 saturated heterocycles. The highest BCUT2D eigenvalue weighted by Gasteiger charge is 2.19. The van der Waals surface area contributed by atoms with E-state index in [1.165, 1.54) is 48.0 Å². The predicted octanol–water partition coefficient (Wildman–Crippen LogP) is 13.9. The molecule has 0 bridgehead atoms. The molecule has 0 aliphatic rings. The average molecular weight is 720 g/mol. The van der Waals surface area contributed by atoms with Crippen molar-refractivity contribution in [2.24, 2.45) is 0 Å². The topological polar surface area (TPSA) is 38.7 Å². The first-order valence-electron chi connectivity index (χ1n) is 18.4. The van der Waals surface area contributed by atoms with Crippen molar-refractivity contribution in [1.82, 2.24) is 15.0 Å². The molecule has 55 heavy (non-hydrogen) atoms. The molecule has 0 aliphatic carbocycles. The minimum atomic E-state index is 0.630. The zero-order chi connectivity index (χ0) is 36.6. The van der Waals surface area contributed by atoms with Gasteiger partial charge in [0.2, 0.25) is 0 Å². The third-order valence-electron chi connectivity index (χ3n) is 10.1. The fourth-order valence-electron chi connectivity index (χ4n) is 7.40. The predicted molar refractivity (Wildman–Crippen MR) is 231 cm³/mol. The molecule has 0 atom stereocenters. The van der Waals surface area contributed by atoms with E-state index in [9.17, 15) is 0 Å². The van der Waals surface area contributed by atoms with E-state index in [1.54, 1.807) is 0 Å². The van der Waals surface area contributed by atoms with Gasteiger partial charge in [0, 0.05) is 42.4 Å². The maximum atomic E-state index is 5.16. The van der Waals surface area contributed by atoms with E-state index in [-0.39, 0.29) is 0 Å². The SMILES string of the molecule is c1ccc(-c2cc(-c3nc(-c4ccccc4)nc(-c4ccccc4)n3)cc(-c3cc(-c4ccccc4)cc4c3sc3c(-c5ccccc5)cccc34)c2)cc1. The van der Waals surface area contributed by atoms with Crippen molar-refractivity contribution in [3.63, 3.8) is 0 Å². The van der Waals surface area contributed by atoms with E-state index in [0.717, 1.165) is 33.4 Å². The molecule has 10 rings (SSSR count). The molecule has 2 heterocycles. The summed E-state index contributed by atoms with van der Waals surface area (Å²) in [5, 5.41) is 2.51. The third kappa shape index (κ3) is 6.29. The Hall–Kier alpha value is -7.01. The molecule has 2 aromatic heterocycles. The molecule has 258 valence electrons. The quantitative estimate of drug-likeness (QED) is 0.165. The molecule has 0 N–H and O–H groups in total. The minimum Gasteiger partial charge on any atom is -0.208 e. The van der Waals surface area contributed by atoms with Gasteiger partial charge in [-0.05, 0) is 69.3 Å². The molecule has 0 unspecified atom stereocenters. The molecule has 0 amide bonds. The largest absolute Gasteiger partial charge is 0.208 e. The van der Waals surface area contributed by atoms with Crippen LogP contribution in [0.25, 0.3) is 98.8 Å². The summed E-state index contributed by atoms with van der Waals surface area (Å²) in [5.74, 6) is 1.91. The van der Waals surface area contributed by atoms with Crippen LogP contribution in [0.1, 0.15) is 0 Å². The first-order chi connectivity index (χ1) is 27.2. The Balaban J connectivity index is 1.26. The van der Waals surface area contributed by atoms with Gasteiger partial charge in [0.15, 0.2) is 17.5 Å². The van der Waals surface area contributed by atoms with Gasteiger partial charge in [-0.2, -0.15) is 0 Å². The van der Waals surface area contributed by atoms with Gasteiger partial charge in [-0.15, -0.1) is 11.3 Å². The van der Waals surface area contributed by atoms with Gasteiger partial charge in [-0.1, -0.05) is 170 Å². The van der Waals surface area contributed by atoms with Crippen LogP contribution in [0.2, 0.25) is 0 Å². The Morgan fingerprint density at radius 1 is 0.255 bits per heavy atom. The van der Waals surface area contributed by atoms with Crippen molar-refractivity contribution < 1.29 is 0 Å². The lowest BCUT2D eigenvalue weighted by atomic mass is 9.92. The molecular formula is C51H33N3S. The Kier molecular flexibility index (Phi) is 8.36. The molecule has 0 fully saturated rings. The molecule has 0 spiro atoms. The number of rotatable bonds is 7. The molecule has 8 aromatic carbocycles. The fourth-order valence-corrected chi connectivity index (χ4v) is 8.76. The Bertz CT molecular complexity index is 2890. The second kappa shape index (κ2) is 14.1. The summed E-state index contributed by atoms with van der Waals surface area (Å²) in [6.07, 6.45) is 0. The van der Waals surface area contributed by atoms with E-state index in [4.69, 9.17) is 15.0 Å². The summed E-state index contributed by atoms with van der Waals surface area (Å²) >= 11 is 1.87. The molecule has 0 saturated carbocycles. The molecule has 0 aliphatic heterocycles. The lowest BCUT2D eigenvalue weighted by molar-refractivity contribution is 1.07. The molecule has 10 aromatic rings. The number of thiophene rings is 1. The van der Waals surface area contributed by atoms with E-state index >= 15 is 0 Å². The summed E-state index contributed by atoms with van der Waals surface area (Å²) in [4.78, 5) is 15.3. The average Bonchev–Trinajstić information content (AvgIpc) is 3.66. The van der Waals surface area contributed by atoms with Crippen LogP contribution in [0.5, 0.6) is 0 Å². The zero-order valence-electron chi connectivity index (χ0n) is 29.8. The van der Waals surface area contributed by atoms with Crippen LogP contribution in [0, 0.1) is 0 Å². The van der Waals surface area contributed by atoms with Gasteiger partial charge in [0.05, 0.1) is 0 Å². The highest BCUT2D eigenvalue weighted by molar-refractivity contribution is 7.26. The number of benzene rings is 8. The Labute approximate surface area is 323 Å². The van der Waals surface area contributed by atoms with Gasteiger partial charge in [0.1, 0.15) is 0 Å². The lowest BCUT2D eigenvalue weighted by Gasteiger charge is -2.14. The number of hydrogen-bond donors (Lipinski definition) is 0. The van der Waals surface area contributed by atoms with Crippen molar-refractivity contribution in [3.05, 3.63) is 200 Å². The number of nitrogens with zero attached hydrogens (tertiary/aromatic N) is 3. The summed E-state index contributed by atoms with van der Waals surface area (Å²) < 4.78 is 2.53. The summed E-state index contributed by atoms with van der Waals surface area (Å²) in [6.45, 7) is 0. The fraction of sp³-hybridized carbons (Fsp3) is 0. The summed E-state index contributed by atoms with van der Waals surface area (Å²) in [6, 6.07) is 70.6. The minimum absolute atomic E-state index is 0.630. The third-order valence-corrected chi connectivity index (χ3v) is 11.4. The molecule has 4 heteroatoms. The van der Waals surface area contributed by atoms with Crippen molar-refractivity contribution >= 4 is 31.5 Å². The Morgan fingerprint density at radius 3 is 1.22 bits per heavy atom. The molecule has 0 radical (unpaired) electrons. The highest BCUT2D eigenvalue weighted by Crippen LogP contribution is 2.47. The van der Waals surface area contributed by atoms with Crippen LogP contribution >= 0.6 is 11.3 Å². The van der Waals surface area contributed by atoms with Crippen molar-refractivity contribution in [2.75, 3.05) is 0 Å². The number of fused-ring (bicyclic) bond motifs is 3. The second-order valence-electron chi connectivity index (χ2n) is 13.6. The van der Waals surface area contributed by atoms with Crippen LogP contribution < -0.4 is 0 Å². The monoisotopic (exact) mass is 719 g/mol. The maximum absolute atomic E-state index is 5.16. The van der Waals surface area contributed by atoms with E-state index < -0.39 is 0 Å². The Morgan fingerprint density at radius 2 is 0.673 bits per heavy atom. The van der Waals surface area contributed by atoms with Gasteiger partial charge < -0.3 is 0 Å². The number of aromatic nitrogens is 3. The van der Waals surface area contributed by atoms with Crippen molar-refractivity contribution in [2.45, 2.75) is 0 Å². The van der Waals surface area contributed by atoms with Crippen LogP contribution in [-0.4, -0.2) is 15.0 Å². The zero-order valence-corrected chi connectivity index (χ0v) is 30.6. The maximum Gasteiger partial charge on any atom is 0.164 e. The van der Waals surface area contributed by atoms with Gasteiger partial charge >= 0.3 is 0 Å². The van der Waals surface area contributed by atoms with Crippen LogP contribution in [0.15, 0.2) is 200 Å². The smallest absolute Gasteiger partial charge is 0.164 e. The first-order valence-corrected chi connectivity index (χ1v) is 19.3. The van der Waals surface area contributed by atoms with Gasteiger partial charge in [-0.25, -0.2) is 15.0 Å². The van der Waals surface area contributed by atoms with E-state index in [2.05, 4.69) is 164 Å². The first kappa shape index (κ1) is 32.6. The summed E-state index contributed by atoms with van der Waals surface area (Å²) in [7, 11) is 0. The summed E-state index contributed by atoms with van der Waals surface area (Å²) in [5.41, 5.74) is 12.2. The van der Waals surface area contributed by atoms with E-state index in [0.29, 0.717) is 17.5 Å². The number of hydrogen-bond acceptors (Lipinski definition) is 4. The van der Waals surface area contributed by atoms with Crippen molar-refractivity contribution in [3.8, 4) is 78.7 Å². The second-order valence-corrected chi connectivity index (χ2v) is 14.6. The highest BCUT2D eigenvalue weighted by atomic mass is 32.1. The van der Waals surface area contributed by atoms with Gasteiger partial charge in [-0.3, -0.25) is 0 Å². The van der Waals surface area contributed by atoms with Crippen molar-refractivity contribution in [1.29, 1.82) is 0 Å². The molecular weight excluding hydrogens is 687 g/mol. The van der Waals surface area contributed by atoms with Crippen LogP contribution in [0.4, 0.5) is 0 Å². The van der Waals surface area contributed by atoms with Crippen LogP contribution in [-0.2, 0) is 0 Å².